The van der Waals surface area contributed by atoms with Gasteiger partial charge in [0.15, 0.2) is 0 Å². The fraction of sp³-hybridized carbons (Fsp3) is 0. The van der Waals surface area contributed by atoms with E-state index in [1.54, 1.807) is 35.1 Å². The number of rotatable bonds is 3. The second-order valence-electron chi connectivity index (χ2n) is 3.44. The van der Waals surface area contributed by atoms with Crippen molar-refractivity contribution < 1.29 is 17.6 Å². The monoisotopic (exact) mass is 266 g/mol. The first-order valence-electron chi connectivity index (χ1n) is 4.96. The number of benzene rings is 1. The summed E-state index contributed by atoms with van der Waals surface area (Å²) in [7, 11) is -4.00. The van der Waals surface area contributed by atoms with E-state index in [0.717, 1.165) is 0 Å². The van der Waals surface area contributed by atoms with Crippen LogP contribution in [0.2, 0.25) is 0 Å². The van der Waals surface area contributed by atoms with Gasteiger partial charge < -0.3 is 10.2 Å². The van der Waals surface area contributed by atoms with E-state index in [-0.39, 0.29) is 4.90 Å². The Labute approximate surface area is 103 Å². The second-order valence-corrected chi connectivity index (χ2v) is 5.09. The van der Waals surface area contributed by atoms with E-state index in [0.29, 0.717) is 11.3 Å². The number of primary amides is 1. The third kappa shape index (κ3) is 2.35. The molecule has 3 N–H and O–H groups in total. The summed E-state index contributed by atoms with van der Waals surface area (Å²) in [6.07, 6.45) is 1.43. The molecule has 0 bridgehead atoms. The van der Waals surface area contributed by atoms with Crippen LogP contribution in [0.5, 0.6) is 0 Å². The van der Waals surface area contributed by atoms with Crippen molar-refractivity contribution in [3.63, 3.8) is 0 Å². The molecule has 0 spiro atoms. The van der Waals surface area contributed by atoms with Crippen molar-refractivity contribution in [3.05, 3.63) is 42.7 Å². The summed E-state index contributed by atoms with van der Waals surface area (Å²) in [6, 6.07) is 8.28. The van der Waals surface area contributed by atoms with E-state index >= 15 is 0 Å². The van der Waals surface area contributed by atoms with Crippen molar-refractivity contribution in [2.24, 2.45) is 5.73 Å². The lowest BCUT2D eigenvalue weighted by molar-refractivity contribution is 0.253. The van der Waals surface area contributed by atoms with Gasteiger partial charge >= 0.3 is 6.03 Å². The number of furan rings is 1. The largest absolute Gasteiger partial charge is 0.464 e. The zero-order chi connectivity index (χ0) is 13.2. The van der Waals surface area contributed by atoms with Crippen molar-refractivity contribution in [1.82, 2.24) is 4.72 Å². The summed E-state index contributed by atoms with van der Waals surface area (Å²) in [5.41, 5.74) is 5.19. The molecule has 0 atom stereocenters. The van der Waals surface area contributed by atoms with Crippen LogP contribution in [0, 0.1) is 0 Å². The van der Waals surface area contributed by atoms with Crippen LogP contribution in [-0.4, -0.2) is 14.4 Å². The Bertz CT molecular complexity index is 662. The van der Waals surface area contributed by atoms with E-state index in [4.69, 9.17) is 10.2 Å². The third-order valence-electron chi connectivity index (χ3n) is 2.20. The van der Waals surface area contributed by atoms with Crippen molar-refractivity contribution in [1.29, 1.82) is 0 Å². The predicted molar refractivity (Wildman–Crippen MR) is 64.0 cm³/mol. The normalized spacial score (nSPS) is 11.1. The molecular weight excluding hydrogens is 256 g/mol. The van der Waals surface area contributed by atoms with E-state index in [1.165, 1.54) is 12.3 Å². The van der Waals surface area contributed by atoms with Gasteiger partial charge in [-0.05, 0) is 24.3 Å². The van der Waals surface area contributed by atoms with Gasteiger partial charge in [0.2, 0.25) is 0 Å². The molecule has 1 aromatic heterocycles. The molecular formula is C11H10N2O4S. The summed E-state index contributed by atoms with van der Waals surface area (Å²) < 4.78 is 30.7. The molecule has 0 aliphatic heterocycles. The number of amides is 2. The minimum atomic E-state index is -4.00. The van der Waals surface area contributed by atoms with E-state index in [2.05, 4.69) is 0 Å². The van der Waals surface area contributed by atoms with Gasteiger partial charge in [-0.15, -0.1) is 0 Å². The summed E-state index contributed by atoms with van der Waals surface area (Å²) >= 11 is 0. The van der Waals surface area contributed by atoms with Crippen LogP contribution < -0.4 is 10.5 Å². The van der Waals surface area contributed by atoms with Gasteiger partial charge in [0.1, 0.15) is 5.76 Å². The Morgan fingerprint density at radius 1 is 1.17 bits per heavy atom. The number of carbonyl (C=O) groups is 1. The molecule has 0 radical (unpaired) electrons. The molecule has 2 rings (SSSR count). The molecule has 18 heavy (non-hydrogen) atoms. The molecule has 1 heterocycles. The van der Waals surface area contributed by atoms with E-state index < -0.39 is 16.1 Å². The number of nitrogens with two attached hydrogens (primary N) is 1. The lowest BCUT2D eigenvalue weighted by atomic mass is 10.2. The van der Waals surface area contributed by atoms with Crippen molar-refractivity contribution in [2.45, 2.75) is 4.90 Å². The lowest BCUT2D eigenvalue weighted by Gasteiger charge is -2.08. The maximum Gasteiger partial charge on any atom is 0.326 e. The van der Waals surface area contributed by atoms with Crippen LogP contribution in [0.1, 0.15) is 0 Å². The number of hydrogen-bond acceptors (Lipinski definition) is 4. The van der Waals surface area contributed by atoms with Gasteiger partial charge in [0.05, 0.1) is 11.2 Å². The van der Waals surface area contributed by atoms with Gasteiger partial charge in [-0.3, -0.25) is 0 Å². The minimum absolute atomic E-state index is 0.0706. The molecule has 94 valence electrons. The third-order valence-corrected chi connectivity index (χ3v) is 3.60. The maximum absolute atomic E-state index is 11.9. The molecule has 0 saturated heterocycles. The Balaban J connectivity index is 2.56. The van der Waals surface area contributed by atoms with Crippen LogP contribution in [0.4, 0.5) is 4.79 Å². The highest BCUT2D eigenvalue weighted by molar-refractivity contribution is 7.90. The Morgan fingerprint density at radius 3 is 2.50 bits per heavy atom. The smallest absolute Gasteiger partial charge is 0.326 e. The second kappa shape index (κ2) is 4.53. The Kier molecular flexibility index (Phi) is 3.07. The zero-order valence-electron chi connectivity index (χ0n) is 9.16. The summed E-state index contributed by atoms with van der Waals surface area (Å²) in [4.78, 5) is 10.6. The Hall–Kier alpha value is -2.28. The van der Waals surface area contributed by atoms with Crippen LogP contribution in [0.25, 0.3) is 11.3 Å². The summed E-state index contributed by atoms with van der Waals surface area (Å²) in [6.45, 7) is 0. The molecule has 0 aliphatic carbocycles. The van der Waals surface area contributed by atoms with Crippen molar-refractivity contribution in [2.75, 3.05) is 0 Å². The SMILES string of the molecule is NC(=O)NS(=O)(=O)c1ccccc1-c1ccco1. The van der Waals surface area contributed by atoms with Crippen molar-refractivity contribution in [3.8, 4) is 11.3 Å². The zero-order valence-corrected chi connectivity index (χ0v) is 9.98. The predicted octanol–water partition coefficient (Wildman–Crippen LogP) is 1.30. The van der Waals surface area contributed by atoms with E-state index in [1.807, 2.05) is 0 Å². The molecule has 7 heteroatoms. The maximum atomic E-state index is 11.9. The summed E-state index contributed by atoms with van der Waals surface area (Å²) in [5, 5.41) is 0. The first kappa shape index (κ1) is 12.2. The fourth-order valence-electron chi connectivity index (χ4n) is 1.52. The van der Waals surface area contributed by atoms with E-state index in [9.17, 15) is 13.2 Å². The summed E-state index contributed by atoms with van der Waals surface area (Å²) in [5.74, 6) is 0.389. The molecule has 0 unspecified atom stereocenters. The molecule has 1 aromatic carbocycles. The first-order valence-corrected chi connectivity index (χ1v) is 6.44. The lowest BCUT2D eigenvalue weighted by Crippen LogP contribution is -2.35. The minimum Gasteiger partial charge on any atom is -0.464 e. The highest BCUT2D eigenvalue weighted by Gasteiger charge is 2.21. The molecule has 2 aromatic rings. The van der Waals surface area contributed by atoms with Crippen LogP contribution in [0.3, 0.4) is 0 Å². The first-order chi connectivity index (χ1) is 8.50. The number of nitrogens with one attached hydrogen (secondary N) is 1. The number of sulfonamides is 1. The molecule has 2 amide bonds. The van der Waals surface area contributed by atoms with Crippen LogP contribution in [0.15, 0.2) is 52.0 Å². The van der Waals surface area contributed by atoms with Gasteiger partial charge in [-0.1, -0.05) is 12.1 Å². The molecule has 0 fully saturated rings. The Morgan fingerprint density at radius 2 is 1.89 bits per heavy atom. The highest BCUT2D eigenvalue weighted by Crippen LogP contribution is 2.27. The standard InChI is InChI=1S/C11H10N2O4S/c12-11(14)13-18(15,16)10-6-2-1-4-8(10)9-5-3-7-17-9/h1-7H,(H3,12,13,14). The highest BCUT2D eigenvalue weighted by atomic mass is 32.2. The van der Waals surface area contributed by atoms with Crippen LogP contribution >= 0.6 is 0 Å². The molecule has 0 aliphatic rings. The van der Waals surface area contributed by atoms with Crippen LogP contribution in [-0.2, 0) is 10.0 Å². The molecule has 0 saturated carbocycles. The fourth-order valence-corrected chi connectivity index (χ4v) is 2.61. The number of carbonyl (C=O) groups excluding carboxylic acids is 1. The van der Waals surface area contributed by atoms with Gasteiger partial charge in [-0.2, -0.15) is 0 Å². The van der Waals surface area contributed by atoms with Gasteiger partial charge in [0, 0.05) is 5.56 Å². The van der Waals surface area contributed by atoms with Gasteiger partial charge in [0.25, 0.3) is 10.0 Å². The quantitative estimate of drug-likeness (QED) is 0.874. The molecule has 6 nitrogen and oxygen atoms in total. The average Bonchev–Trinajstić information content (AvgIpc) is 2.80. The van der Waals surface area contributed by atoms with Gasteiger partial charge in [-0.25, -0.2) is 17.9 Å². The van der Waals surface area contributed by atoms with Crippen molar-refractivity contribution >= 4 is 16.1 Å². The average molecular weight is 266 g/mol. The number of urea groups is 1. The number of hydrogen-bond donors (Lipinski definition) is 2. The topological polar surface area (TPSA) is 102 Å².